The lowest BCUT2D eigenvalue weighted by Gasteiger charge is -2.18. The fourth-order valence-electron chi connectivity index (χ4n) is 2.23. The number of pyridine rings is 1. The summed E-state index contributed by atoms with van der Waals surface area (Å²) in [4.78, 5) is 25.4. The van der Waals surface area contributed by atoms with Crippen molar-refractivity contribution in [2.45, 2.75) is 19.4 Å². The van der Waals surface area contributed by atoms with E-state index in [0.717, 1.165) is 16.8 Å². The minimum absolute atomic E-state index is 0.0407. The van der Waals surface area contributed by atoms with Gasteiger partial charge in [0.2, 0.25) is 6.41 Å². The Labute approximate surface area is 122 Å². The Balaban J connectivity index is 2.29. The zero-order valence-corrected chi connectivity index (χ0v) is 11.5. The molecule has 2 aromatic rings. The highest BCUT2D eigenvalue weighted by molar-refractivity contribution is 5.50. The number of carbonyl (C=O) groups is 1. The van der Waals surface area contributed by atoms with Crippen molar-refractivity contribution in [1.29, 1.82) is 0 Å². The molecule has 0 aliphatic rings. The van der Waals surface area contributed by atoms with E-state index in [1.54, 1.807) is 19.2 Å². The SMILES string of the molecule is Cc1cc([N+](=O)[O-])ccc1C(Cc1ccccn1)NC=O. The normalized spacial score (nSPS) is 11.7. The molecule has 0 aliphatic heterocycles. The fourth-order valence-corrected chi connectivity index (χ4v) is 2.23. The molecule has 1 amide bonds. The van der Waals surface area contributed by atoms with Crippen molar-refractivity contribution in [3.8, 4) is 0 Å². The van der Waals surface area contributed by atoms with Gasteiger partial charge >= 0.3 is 0 Å². The average Bonchev–Trinajstić information content (AvgIpc) is 2.48. The first kappa shape index (κ1) is 14.6. The Bertz CT molecular complexity index is 644. The Morgan fingerprint density at radius 2 is 2.19 bits per heavy atom. The molecule has 0 radical (unpaired) electrons. The predicted molar refractivity (Wildman–Crippen MR) is 77.7 cm³/mol. The van der Waals surface area contributed by atoms with Crippen molar-refractivity contribution < 1.29 is 9.72 Å². The van der Waals surface area contributed by atoms with Gasteiger partial charge in [-0.05, 0) is 36.2 Å². The second-order valence-corrected chi connectivity index (χ2v) is 4.66. The maximum atomic E-state index is 10.8. The number of nitro benzene ring substituents is 1. The minimum atomic E-state index is -0.433. The second-order valence-electron chi connectivity index (χ2n) is 4.66. The molecule has 108 valence electrons. The van der Waals surface area contributed by atoms with Gasteiger partial charge in [0.25, 0.3) is 5.69 Å². The molecule has 0 bridgehead atoms. The van der Waals surface area contributed by atoms with E-state index in [1.807, 2.05) is 18.2 Å². The van der Waals surface area contributed by atoms with E-state index < -0.39 is 4.92 Å². The zero-order valence-electron chi connectivity index (χ0n) is 11.5. The standard InChI is InChI=1S/C15H15N3O3/c1-11-8-13(18(20)21)5-6-14(11)15(17-10-19)9-12-4-2-3-7-16-12/h2-8,10,15H,9H2,1H3,(H,17,19). The summed E-state index contributed by atoms with van der Waals surface area (Å²) >= 11 is 0. The smallest absolute Gasteiger partial charge is 0.269 e. The number of rotatable bonds is 6. The average molecular weight is 285 g/mol. The van der Waals surface area contributed by atoms with Crippen LogP contribution in [0.15, 0.2) is 42.6 Å². The van der Waals surface area contributed by atoms with Crippen LogP contribution < -0.4 is 5.32 Å². The van der Waals surface area contributed by atoms with E-state index in [4.69, 9.17) is 0 Å². The van der Waals surface area contributed by atoms with Gasteiger partial charge in [-0.2, -0.15) is 0 Å². The van der Waals surface area contributed by atoms with Crippen LogP contribution >= 0.6 is 0 Å². The molecule has 0 saturated carbocycles. The molecule has 1 aromatic heterocycles. The van der Waals surface area contributed by atoms with Crippen molar-refractivity contribution in [2.24, 2.45) is 0 Å². The number of hydrogen-bond donors (Lipinski definition) is 1. The largest absolute Gasteiger partial charge is 0.351 e. The van der Waals surface area contributed by atoms with Crippen molar-refractivity contribution in [3.05, 3.63) is 69.5 Å². The maximum Gasteiger partial charge on any atom is 0.269 e. The van der Waals surface area contributed by atoms with E-state index >= 15 is 0 Å². The highest BCUT2D eigenvalue weighted by Gasteiger charge is 2.17. The summed E-state index contributed by atoms with van der Waals surface area (Å²) < 4.78 is 0. The summed E-state index contributed by atoms with van der Waals surface area (Å²) in [5.41, 5.74) is 2.49. The fraction of sp³-hybridized carbons (Fsp3) is 0.200. The molecular weight excluding hydrogens is 270 g/mol. The number of aromatic nitrogens is 1. The lowest BCUT2D eigenvalue weighted by Crippen LogP contribution is -2.23. The van der Waals surface area contributed by atoms with Gasteiger partial charge in [0.15, 0.2) is 0 Å². The molecule has 2 rings (SSSR count). The number of aryl methyl sites for hydroxylation is 1. The molecule has 0 fully saturated rings. The summed E-state index contributed by atoms with van der Waals surface area (Å²) in [6.07, 6.45) is 2.85. The van der Waals surface area contributed by atoms with Gasteiger partial charge in [0.1, 0.15) is 0 Å². The topological polar surface area (TPSA) is 85.1 Å². The highest BCUT2D eigenvalue weighted by Crippen LogP contribution is 2.24. The third-order valence-electron chi connectivity index (χ3n) is 3.25. The van der Waals surface area contributed by atoms with Crippen LogP contribution in [0.1, 0.15) is 22.9 Å². The molecular formula is C15H15N3O3. The van der Waals surface area contributed by atoms with Crippen molar-refractivity contribution in [3.63, 3.8) is 0 Å². The van der Waals surface area contributed by atoms with Crippen LogP contribution in [0.25, 0.3) is 0 Å². The quantitative estimate of drug-likeness (QED) is 0.501. The van der Waals surface area contributed by atoms with Crippen LogP contribution in [0, 0.1) is 17.0 Å². The van der Waals surface area contributed by atoms with Crippen LogP contribution in [0.4, 0.5) is 5.69 Å². The molecule has 1 atom stereocenters. The predicted octanol–water partition coefficient (Wildman–Crippen LogP) is 2.33. The lowest BCUT2D eigenvalue weighted by atomic mass is 9.97. The van der Waals surface area contributed by atoms with Gasteiger partial charge in [-0.3, -0.25) is 19.9 Å². The molecule has 6 nitrogen and oxygen atoms in total. The Morgan fingerprint density at radius 3 is 2.76 bits per heavy atom. The number of nitrogens with one attached hydrogen (secondary N) is 1. The van der Waals surface area contributed by atoms with Gasteiger partial charge in [-0.15, -0.1) is 0 Å². The summed E-state index contributed by atoms with van der Waals surface area (Å²) in [5, 5.41) is 13.5. The number of carbonyl (C=O) groups excluding carboxylic acids is 1. The number of nitrogens with zero attached hydrogens (tertiary/aromatic N) is 2. The number of nitro groups is 1. The summed E-state index contributed by atoms with van der Waals surface area (Å²) in [6.45, 7) is 1.79. The molecule has 21 heavy (non-hydrogen) atoms. The van der Waals surface area contributed by atoms with Gasteiger partial charge in [0, 0.05) is 30.4 Å². The zero-order chi connectivity index (χ0) is 15.2. The maximum absolute atomic E-state index is 10.8. The molecule has 0 saturated heterocycles. The van der Waals surface area contributed by atoms with Crippen LogP contribution in [-0.4, -0.2) is 16.3 Å². The van der Waals surface area contributed by atoms with Gasteiger partial charge in [0.05, 0.1) is 11.0 Å². The summed E-state index contributed by atoms with van der Waals surface area (Å²) in [5.74, 6) is 0. The van der Waals surface area contributed by atoms with Gasteiger partial charge < -0.3 is 5.32 Å². The number of hydrogen-bond acceptors (Lipinski definition) is 4. The van der Waals surface area contributed by atoms with Gasteiger partial charge in [-0.25, -0.2) is 0 Å². The molecule has 1 N–H and O–H groups in total. The first-order valence-corrected chi connectivity index (χ1v) is 6.46. The van der Waals surface area contributed by atoms with Crippen LogP contribution in [-0.2, 0) is 11.2 Å². The van der Waals surface area contributed by atoms with Crippen molar-refractivity contribution in [2.75, 3.05) is 0 Å². The molecule has 1 heterocycles. The third kappa shape index (κ3) is 3.62. The van der Waals surface area contributed by atoms with E-state index in [1.165, 1.54) is 12.1 Å². The van der Waals surface area contributed by atoms with Crippen molar-refractivity contribution >= 4 is 12.1 Å². The Hall–Kier alpha value is -2.76. The highest BCUT2D eigenvalue weighted by atomic mass is 16.6. The van der Waals surface area contributed by atoms with Gasteiger partial charge in [-0.1, -0.05) is 6.07 Å². The molecule has 0 aliphatic carbocycles. The number of amides is 1. The number of benzene rings is 1. The number of non-ortho nitro benzene ring substituents is 1. The van der Waals surface area contributed by atoms with E-state index in [-0.39, 0.29) is 11.7 Å². The van der Waals surface area contributed by atoms with Crippen LogP contribution in [0.5, 0.6) is 0 Å². The molecule has 0 spiro atoms. The molecule has 6 heteroatoms. The van der Waals surface area contributed by atoms with Crippen LogP contribution in [0.2, 0.25) is 0 Å². The lowest BCUT2D eigenvalue weighted by molar-refractivity contribution is -0.384. The third-order valence-corrected chi connectivity index (χ3v) is 3.25. The Kier molecular flexibility index (Phi) is 4.61. The summed E-state index contributed by atoms with van der Waals surface area (Å²) in [7, 11) is 0. The van der Waals surface area contributed by atoms with E-state index in [2.05, 4.69) is 10.3 Å². The second kappa shape index (κ2) is 6.60. The summed E-state index contributed by atoms with van der Waals surface area (Å²) in [6, 6.07) is 9.94. The minimum Gasteiger partial charge on any atom is -0.351 e. The monoisotopic (exact) mass is 285 g/mol. The molecule has 1 unspecified atom stereocenters. The van der Waals surface area contributed by atoms with Crippen LogP contribution in [0.3, 0.4) is 0 Å². The van der Waals surface area contributed by atoms with E-state index in [9.17, 15) is 14.9 Å². The van der Waals surface area contributed by atoms with Crippen molar-refractivity contribution in [1.82, 2.24) is 10.3 Å². The molecule has 1 aromatic carbocycles. The Morgan fingerprint density at radius 1 is 1.38 bits per heavy atom. The van der Waals surface area contributed by atoms with E-state index in [0.29, 0.717) is 12.8 Å². The first-order valence-electron chi connectivity index (χ1n) is 6.46. The first-order chi connectivity index (χ1) is 10.1.